The first kappa shape index (κ1) is 67.3. The van der Waals surface area contributed by atoms with Crippen molar-refractivity contribution >= 4 is 17.9 Å². The van der Waals surface area contributed by atoms with Gasteiger partial charge in [0.1, 0.15) is 13.2 Å². The van der Waals surface area contributed by atoms with Crippen LogP contribution in [-0.4, -0.2) is 37.2 Å². The highest BCUT2D eigenvalue weighted by atomic mass is 16.6. The molecule has 0 aromatic heterocycles. The molecule has 71 heavy (non-hydrogen) atoms. The van der Waals surface area contributed by atoms with E-state index in [1.807, 2.05) is 0 Å². The van der Waals surface area contributed by atoms with E-state index < -0.39 is 6.10 Å². The molecule has 0 radical (unpaired) electrons. The largest absolute Gasteiger partial charge is 0.462 e. The molecule has 0 saturated carbocycles. The minimum Gasteiger partial charge on any atom is -0.462 e. The Balaban J connectivity index is 4.43. The lowest BCUT2D eigenvalue weighted by atomic mass is 10.1. The van der Waals surface area contributed by atoms with Crippen molar-refractivity contribution in [1.29, 1.82) is 0 Å². The number of unbranched alkanes of at least 4 members (excludes halogenated alkanes) is 26. The number of esters is 3. The molecular formula is C65H110O6. The van der Waals surface area contributed by atoms with Crippen LogP contribution in [0.2, 0.25) is 0 Å². The molecular weight excluding hydrogens is 877 g/mol. The zero-order valence-corrected chi connectivity index (χ0v) is 46.5. The van der Waals surface area contributed by atoms with E-state index in [9.17, 15) is 14.4 Å². The third kappa shape index (κ3) is 57.1. The van der Waals surface area contributed by atoms with Crippen LogP contribution in [0.1, 0.15) is 278 Å². The second-order valence-corrected chi connectivity index (χ2v) is 19.5. The van der Waals surface area contributed by atoms with Crippen LogP contribution in [0, 0.1) is 0 Å². The molecule has 0 aromatic rings. The molecule has 0 aliphatic carbocycles. The van der Waals surface area contributed by atoms with Crippen LogP contribution >= 0.6 is 0 Å². The van der Waals surface area contributed by atoms with Gasteiger partial charge in [-0.25, -0.2) is 0 Å². The lowest BCUT2D eigenvalue weighted by molar-refractivity contribution is -0.167. The first-order chi connectivity index (χ1) is 35.0. The number of rotatable bonds is 53. The maximum atomic E-state index is 12.9. The van der Waals surface area contributed by atoms with E-state index in [-0.39, 0.29) is 31.1 Å². The molecule has 0 aromatic carbocycles. The fraction of sp³-hybridized carbons (Fsp3) is 0.708. The summed E-state index contributed by atoms with van der Waals surface area (Å²) in [6, 6.07) is 0. The van der Waals surface area contributed by atoms with Gasteiger partial charge in [-0.2, -0.15) is 0 Å². The quantitative estimate of drug-likeness (QED) is 0.0261. The van der Waals surface area contributed by atoms with Crippen molar-refractivity contribution in [3.63, 3.8) is 0 Å². The van der Waals surface area contributed by atoms with Gasteiger partial charge in [0.25, 0.3) is 0 Å². The summed E-state index contributed by atoms with van der Waals surface area (Å²) in [6.07, 6.45) is 78.2. The number of carbonyl (C=O) groups is 3. The van der Waals surface area contributed by atoms with Crippen molar-refractivity contribution in [3.05, 3.63) is 97.2 Å². The van der Waals surface area contributed by atoms with Gasteiger partial charge in [-0.15, -0.1) is 0 Å². The molecule has 0 aliphatic rings. The van der Waals surface area contributed by atoms with Crippen molar-refractivity contribution < 1.29 is 28.6 Å². The number of allylic oxidation sites excluding steroid dienone is 16. The molecule has 1 unspecified atom stereocenters. The molecule has 0 amide bonds. The summed E-state index contributed by atoms with van der Waals surface area (Å²) in [7, 11) is 0. The summed E-state index contributed by atoms with van der Waals surface area (Å²) in [4.78, 5) is 38.2. The molecule has 6 nitrogen and oxygen atoms in total. The molecule has 1 atom stereocenters. The predicted octanol–water partition coefficient (Wildman–Crippen LogP) is 20.1. The minimum atomic E-state index is -0.800. The molecule has 6 heteroatoms. The average molecular weight is 988 g/mol. The first-order valence-corrected chi connectivity index (χ1v) is 29.7. The van der Waals surface area contributed by atoms with E-state index in [0.717, 1.165) is 128 Å². The SMILES string of the molecule is CC/C=C\C/C=C\C/C=C\C/C=C\CCCCCCC(=O)OC(COC(=O)CCCCCCC/C=C\C/C=C\CCCCC)COC(=O)CCCCCCCCCCC/C=C\C/C=C\CCCCCCC. The van der Waals surface area contributed by atoms with Crippen LogP contribution < -0.4 is 0 Å². The highest BCUT2D eigenvalue weighted by Gasteiger charge is 2.19. The van der Waals surface area contributed by atoms with Crippen LogP contribution in [0.3, 0.4) is 0 Å². The number of ether oxygens (including phenoxy) is 3. The molecule has 0 saturated heterocycles. The molecule has 0 aliphatic heterocycles. The second kappa shape index (κ2) is 58.9. The topological polar surface area (TPSA) is 78.9 Å². The number of carbonyl (C=O) groups excluding carboxylic acids is 3. The van der Waals surface area contributed by atoms with Crippen LogP contribution in [0.4, 0.5) is 0 Å². The highest BCUT2D eigenvalue weighted by molar-refractivity contribution is 5.71. The third-order valence-electron chi connectivity index (χ3n) is 12.5. The van der Waals surface area contributed by atoms with Gasteiger partial charge >= 0.3 is 17.9 Å². The fourth-order valence-corrected chi connectivity index (χ4v) is 8.08. The summed E-state index contributed by atoms with van der Waals surface area (Å²) in [5, 5.41) is 0. The van der Waals surface area contributed by atoms with Crippen LogP contribution in [0.25, 0.3) is 0 Å². The Bertz CT molecular complexity index is 1410. The van der Waals surface area contributed by atoms with Crippen molar-refractivity contribution in [1.82, 2.24) is 0 Å². The third-order valence-corrected chi connectivity index (χ3v) is 12.5. The fourth-order valence-electron chi connectivity index (χ4n) is 8.08. The van der Waals surface area contributed by atoms with E-state index >= 15 is 0 Å². The molecule has 0 heterocycles. The van der Waals surface area contributed by atoms with Gasteiger partial charge < -0.3 is 14.2 Å². The molecule has 0 bridgehead atoms. The van der Waals surface area contributed by atoms with Gasteiger partial charge in [-0.05, 0) is 122 Å². The van der Waals surface area contributed by atoms with Crippen LogP contribution in [0.15, 0.2) is 97.2 Å². The monoisotopic (exact) mass is 987 g/mol. The summed E-state index contributed by atoms with van der Waals surface area (Å²) in [5.74, 6) is -0.932. The lowest BCUT2D eigenvalue weighted by Crippen LogP contribution is -2.30. The van der Waals surface area contributed by atoms with E-state index in [1.165, 1.54) is 109 Å². The van der Waals surface area contributed by atoms with E-state index in [1.54, 1.807) is 0 Å². The van der Waals surface area contributed by atoms with Crippen molar-refractivity contribution in [2.45, 2.75) is 284 Å². The van der Waals surface area contributed by atoms with Gasteiger partial charge in [0, 0.05) is 19.3 Å². The van der Waals surface area contributed by atoms with Gasteiger partial charge in [0.15, 0.2) is 6.10 Å². The molecule has 0 fully saturated rings. The summed E-state index contributed by atoms with van der Waals surface area (Å²) in [6.45, 7) is 6.47. The van der Waals surface area contributed by atoms with E-state index in [2.05, 4.69) is 118 Å². The Kier molecular flexibility index (Phi) is 55.9. The zero-order valence-electron chi connectivity index (χ0n) is 46.5. The predicted molar refractivity (Wildman–Crippen MR) is 307 cm³/mol. The number of hydrogen-bond acceptors (Lipinski definition) is 6. The smallest absolute Gasteiger partial charge is 0.306 e. The summed E-state index contributed by atoms with van der Waals surface area (Å²) >= 11 is 0. The van der Waals surface area contributed by atoms with Crippen molar-refractivity contribution in [2.75, 3.05) is 13.2 Å². The maximum Gasteiger partial charge on any atom is 0.306 e. The Morgan fingerprint density at radius 2 is 0.549 bits per heavy atom. The lowest BCUT2D eigenvalue weighted by Gasteiger charge is -2.18. The van der Waals surface area contributed by atoms with Crippen molar-refractivity contribution in [3.8, 4) is 0 Å². The molecule has 406 valence electrons. The first-order valence-electron chi connectivity index (χ1n) is 29.7. The maximum absolute atomic E-state index is 12.9. The Hall–Kier alpha value is -3.67. The van der Waals surface area contributed by atoms with Crippen LogP contribution in [0.5, 0.6) is 0 Å². The second-order valence-electron chi connectivity index (χ2n) is 19.5. The van der Waals surface area contributed by atoms with E-state index in [4.69, 9.17) is 14.2 Å². The highest BCUT2D eigenvalue weighted by Crippen LogP contribution is 2.15. The number of hydrogen-bond donors (Lipinski definition) is 0. The molecule has 0 N–H and O–H groups in total. The minimum absolute atomic E-state index is 0.0947. The van der Waals surface area contributed by atoms with Crippen LogP contribution in [-0.2, 0) is 28.6 Å². The normalized spacial score (nSPS) is 12.8. The standard InChI is InChI=1S/C65H110O6/c1-4-7-10-13-16-19-22-25-28-30-31-32-33-35-37-40-43-46-49-52-55-58-64(67)70-61-62(60-69-63(66)57-54-51-48-45-42-39-36-27-24-21-18-15-12-9-6-3)71-65(68)59-56-53-50-47-44-41-38-34-29-26-23-20-17-14-11-8-5-2/h8,11,17-18,20-22,25-27,29-31,36,38,41,62H,4-7,9-10,12-16,19,23-24,28,32-35,37,39-40,42-61H2,1-3H3/b11-8-,20-17-,21-18-,25-22-,29-26-,31-30-,36-27-,41-38-. The van der Waals surface area contributed by atoms with Gasteiger partial charge in [0.2, 0.25) is 0 Å². The van der Waals surface area contributed by atoms with Crippen molar-refractivity contribution in [2.24, 2.45) is 0 Å². The Labute approximate surface area is 438 Å². The summed E-state index contributed by atoms with van der Waals surface area (Å²) < 4.78 is 16.9. The summed E-state index contributed by atoms with van der Waals surface area (Å²) in [5.41, 5.74) is 0. The molecule has 0 spiro atoms. The molecule has 0 rings (SSSR count). The Morgan fingerprint density at radius 3 is 0.887 bits per heavy atom. The average Bonchev–Trinajstić information content (AvgIpc) is 3.37. The Morgan fingerprint density at radius 1 is 0.296 bits per heavy atom. The van der Waals surface area contributed by atoms with E-state index in [0.29, 0.717) is 19.3 Å². The zero-order chi connectivity index (χ0) is 51.4. The van der Waals surface area contributed by atoms with Gasteiger partial charge in [0.05, 0.1) is 0 Å². The van der Waals surface area contributed by atoms with Gasteiger partial charge in [-0.1, -0.05) is 234 Å². The van der Waals surface area contributed by atoms with Gasteiger partial charge in [-0.3, -0.25) is 14.4 Å².